The van der Waals surface area contributed by atoms with Crippen molar-refractivity contribution < 1.29 is 0 Å². The van der Waals surface area contributed by atoms with Gasteiger partial charge in [-0.05, 0) is 29.1 Å². The van der Waals surface area contributed by atoms with Gasteiger partial charge in [0.15, 0.2) is 0 Å². The summed E-state index contributed by atoms with van der Waals surface area (Å²) in [6.07, 6.45) is 5.88. The van der Waals surface area contributed by atoms with Gasteiger partial charge in [-0.15, -0.1) is 0 Å². The Bertz CT molecular complexity index is 1410. The first-order chi connectivity index (χ1) is 14.8. The summed E-state index contributed by atoms with van der Waals surface area (Å²) in [4.78, 5) is 13.5. The van der Waals surface area contributed by atoms with E-state index in [2.05, 4.69) is 32.4 Å². The van der Waals surface area contributed by atoms with Crippen LogP contribution < -0.4 is 5.32 Å². The van der Waals surface area contributed by atoms with Gasteiger partial charge in [-0.2, -0.15) is 5.26 Å². The predicted octanol–water partition coefficient (Wildman–Crippen LogP) is 5.65. The minimum atomic E-state index is 0.345. The molecule has 0 aliphatic rings. The first kappa shape index (κ1) is 17.8. The van der Waals surface area contributed by atoms with Crippen molar-refractivity contribution in [3.05, 3.63) is 90.9 Å². The van der Waals surface area contributed by atoms with Crippen molar-refractivity contribution in [1.82, 2.24) is 15.0 Å². The summed E-state index contributed by atoms with van der Waals surface area (Å²) in [6.45, 7) is 0. The van der Waals surface area contributed by atoms with Crippen molar-refractivity contribution in [2.24, 2.45) is 0 Å². The molecule has 5 aromatic rings. The highest BCUT2D eigenvalue weighted by Crippen LogP contribution is 2.35. The van der Waals surface area contributed by atoms with Crippen LogP contribution in [0.2, 0.25) is 0 Å². The van der Waals surface area contributed by atoms with Crippen LogP contribution in [0.3, 0.4) is 0 Å². The Morgan fingerprint density at radius 3 is 2.57 bits per heavy atom. The first-order valence-electron chi connectivity index (χ1n) is 9.63. The molecule has 0 unspecified atom stereocenters. The maximum absolute atomic E-state index is 9.16. The highest BCUT2D eigenvalue weighted by molar-refractivity contribution is 5.99. The van der Waals surface area contributed by atoms with Gasteiger partial charge in [0.2, 0.25) is 5.95 Å². The van der Waals surface area contributed by atoms with E-state index in [1.807, 2.05) is 79.3 Å². The number of para-hydroxylation sites is 1. The van der Waals surface area contributed by atoms with Gasteiger partial charge in [-0.1, -0.05) is 48.5 Å². The van der Waals surface area contributed by atoms with E-state index in [9.17, 15) is 0 Å². The van der Waals surface area contributed by atoms with Gasteiger partial charge in [-0.3, -0.25) is 4.98 Å². The topological polar surface area (TPSA) is 74.5 Å². The molecule has 2 heterocycles. The van der Waals surface area contributed by atoms with Gasteiger partial charge in [0, 0.05) is 46.2 Å². The van der Waals surface area contributed by atoms with Crippen LogP contribution in [0, 0.1) is 11.3 Å². The number of nitrogens with zero attached hydrogens (tertiary/aromatic N) is 4. The standard InChI is InChI=1S/C25H17N5/c26-12-11-17-9-10-24(30-25-28-15-19-6-2-4-8-23(19)29-25)21(13-17)22-16-27-14-18-5-1-3-7-20(18)22/h1-10,13-16H,11H2,(H,28,29,30). The van der Waals surface area contributed by atoms with Crippen molar-refractivity contribution >= 4 is 33.3 Å². The number of anilines is 2. The third-order valence-corrected chi connectivity index (χ3v) is 5.06. The quantitative estimate of drug-likeness (QED) is 0.431. The third-order valence-electron chi connectivity index (χ3n) is 5.06. The minimum Gasteiger partial charge on any atom is -0.324 e. The van der Waals surface area contributed by atoms with E-state index in [1.165, 1.54) is 0 Å². The zero-order valence-corrected chi connectivity index (χ0v) is 16.1. The van der Waals surface area contributed by atoms with Crippen LogP contribution in [0.15, 0.2) is 85.3 Å². The molecule has 142 valence electrons. The van der Waals surface area contributed by atoms with E-state index in [4.69, 9.17) is 5.26 Å². The second kappa shape index (κ2) is 7.61. The molecule has 0 bridgehead atoms. The number of hydrogen-bond acceptors (Lipinski definition) is 5. The Balaban J connectivity index is 1.65. The van der Waals surface area contributed by atoms with Crippen molar-refractivity contribution in [1.29, 1.82) is 5.26 Å². The van der Waals surface area contributed by atoms with Crippen LogP contribution in [-0.4, -0.2) is 15.0 Å². The normalized spacial score (nSPS) is 10.8. The van der Waals surface area contributed by atoms with Crippen molar-refractivity contribution in [2.75, 3.05) is 5.32 Å². The van der Waals surface area contributed by atoms with E-state index in [0.29, 0.717) is 12.4 Å². The zero-order valence-electron chi connectivity index (χ0n) is 16.1. The fraction of sp³-hybridized carbons (Fsp3) is 0.0400. The zero-order chi connectivity index (χ0) is 20.3. The Morgan fingerprint density at radius 2 is 1.67 bits per heavy atom. The average molecular weight is 387 g/mol. The largest absolute Gasteiger partial charge is 0.324 e. The van der Waals surface area contributed by atoms with Gasteiger partial charge < -0.3 is 5.32 Å². The molecule has 0 aliphatic heterocycles. The molecule has 0 atom stereocenters. The van der Waals surface area contributed by atoms with E-state index in [-0.39, 0.29) is 0 Å². The summed E-state index contributed by atoms with van der Waals surface area (Å²) in [6, 6.07) is 24.2. The number of pyridine rings is 1. The van der Waals surface area contributed by atoms with Crippen LogP contribution in [0.25, 0.3) is 32.8 Å². The maximum Gasteiger partial charge on any atom is 0.227 e. The fourth-order valence-electron chi connectivity index (χ4n) is 3.61. The van der Waals surface area contributed by atoms with Crippen LogP contribution >= 0.6 is 0 Å². The van der Waals surface area contributed by atoms with Gasteiger partial charge >= 0.3 is 0 Å². The number of nitrogens with one attached hydrogen (secondary N) is 1. The van der Waals surface area contributed by atoms with Gasteiger partial charge in [0.1, 0.15) is 0 Å². The predicted molar refractivity (Wildman–Crippen MR) is 119 cm³/mol. The molecule has 0 radical (unpaired) electrons. The molecule has 1 N–H and O–H groups in total. The monoisotopic (exact) mass is 387 g/mol. The second-order valence-electron chi connectivity index (χ2n) is 7.00. The van der Waals surface area contributed by atoms with Crippen LogP contribution in [0.1, 0.15) is 5.56 Å². The summed E-state index contributed by atoms with van der Waals surface area (Å²) in [7, 11) is 0. The van der Waals surface area contributed by atoms with Gasteiger partial charge in [0.05, 0.1) is 18.0 Å². The van der Waals surface area contributed by atoms with Crippen molar-refractivity contribution in [2.45, 2.75) is 6.42 Å². The molecule has 5 rings (SSSR count). The lowest BCUT2D eigenvalue weighted by Crippen LogP contribution is -2.00. The summed E-state index contributed by atoms with van der Waals surface area (Å²) in [5.74, 6) is 0.524. The maximum atomic E-state index is 9.16. The Kier molecular flexibility index (Phi) is 4.51. The lowest BCUT2D eigenvalue weighted by Gasteiger charge is -2.14. The molecular weight excluding hydrogens is 370 g/mol. The number of aromatic nitrogens is 3. The van der Waals surface area contributed by atoms with Crippen LogP contribution in [0.4, 0.5) is 11.6 Å². The van der Waals surface area contributed by atoms with Gasteiger partial charge in [-0.25, -0.2) is 9.97 Å². The molecule has 5 heteroatoms. The molecule has 3 aromatic carbocycles. The summed E-state index contributed by atoms with van der Waals surface area (Å²) in [5.41, 5.74) is 4.65. The number of fused-ring (bicyclic) bond motifs is 2. The Hall–Kier alpha value is -4.30. The summed E-state index contributed by atoms with van der Waals surface area (Å²) in [5, 5.41) is 15.7. The van der Waals surface area contributed by atoms with Gasteiger partial charge in [0.25, 0.3) is 0 Å². The molecule has 0 aliphatic carbocycles. The lowest BCUT2D eigenvalue weighted by molar-refractivity contribution is 1.21. The molecular formula is C25H17N5. The second-order valence-corrected chi connectivity index (χ2v) is 7.00. The average Bonchev–Trinajstić information content (AvgIpc) is 2.80. The van der Waals surface area contributed by atoms with E-state index in [0.717, 1.165) is 44.1 Å². The summed E-state index contributed by atoms with van der Waals surface area (Å²) >= 11 is 0. The fourth-order valence-corrected chi connectivity index (χ4v) is 3.61. The Morgan fingerprint density at radius 1 is 0.833 bits per heavy atom. The summed E-state index contributed by atoms with van der Waals surface area (Å²) < 4.78 is 0. The van der Waals surface area contributed by atoms with E-state index >= 15 is 0 Å². The first-order valence-corrected chi connectivity index (χ1v) is 9.63. The molecule has 5 nitrogen and oxygen atoms in total. The molecule has 0 saturated heterocycles. The van der Waals surface area contributed by atoms with E-state index < -0.39 is 0 Å². The van der Waals surface area contributed by atoms with Crippen LogP contribution in [0.5, 0.6) is 0 Å². The molecule has 30 heavy (non-hydrogen) atoms. The SMILES string of the molecule is N#CCc1ccc(Nc2ncc3ccccc3n2)c(-c2cncc3ccccc23)c1. The number of rotatable bonds is 4. The lowest BCUT2D eigenvalue weighted by atomic mass is 9.97. The smallest absolute Gasteiger partial charge is 0.227 e. The molecule has 0 saturated carbocycles. The number of hydrogen-bond donors (Lipinski definition) is 1. The van der Waals surface area contributed by atoms with Crippen LogP contribution in [-0.2, 0) is 6.42 Å². The molecule has 0 amide bonds. The molecule has 0 spiro atoms. The van der Waals surface area contributed by atoms with Crippen molar-refractivity contribution in [3.8, 4) is 17.2 Å². The van der Waals surface area contributed by atoms with Crippen molar-refractivity contribution in [3.63, 3.8) is 0 Å². The third kappa shape index (κ3) is 3.31. The Labute approximate surface area is 173 Å². The molecule has 0 fully saturated rings. The minimum absolute atomic E-state index is 0.345. The van der Waals surface area contributed by atoms with E-state index in [1.54, 1.807) is 0 Å². The highest BCUT2D eigenvalue weighted by atomic mass is 15.1. The highest BCUT2D eigenvalue weighted by Gasteiger charge is 2.12. The number of benzene rings is 3. The number of nitriles is 1. The molecule has 2 aromatic heterocycles.